The van der Waals surface area contributed by atoms with Crippen molar-refractivity contribution < 1.29 is 9.53 Å². The van der Waals surface area contributed by atoms with Crippen LogP contribution in [-0.4, -0.2) is 29.8 Å². The van der Waals surface area contributed by atoms with Gasteiger partial charge in [0.05, 0.1) is 7.11 Å². The zero-order valence-electron chi connectivity index (χ0n) is 9.87. The standard InChI is InChI=1S/C11H14ClN3O2/c1-6(2)15-8-4-9(12)14-5-7(8)10(13)11(16)17-3/h4-6,13H,1-3H3,(H,14,15). The zero-order valence-corrected chi connectivity index (χ0v) is 10.6. The van der Waals surface area contributed by atoms with Gasteiger partial charge in [-0.05, 0) is 19.9 Å². The Hall–Kier alpha value is -1.62. The van der Waals surface area contributed by atoms with Crippen LogP contribution in [-0.2, 0) is 9.53 Å². The molecule has 1 aromatic heterocycles. The average molecular weight is 256 g/mol. The van der Waals surface area contributed by atoms with Crippen LogP contribution in [0.1, 0.15) is 19.4 Å². The average Bonchev–Trinajstić information content (AvgIpc) is 2.26. The summed E-state index contributed by atoms with van der Waals surface area (Å²) in [5.74, 6) is -0.707. The monoisotopic (exact) mass is 255 g/mol. The van der Waals surface area contributed by atoms with Gasteiger partial charge < -0.3 is 10.1 Å². The molecule has 0 saturated carbocycles. The maximum atomic E-state index is 11.3. The summed E-state index contributed by atoms with van der Waals surface area (Å²) in [7, 11) is 1.23. The highest BCUT2D eigenvalue weighted by Crippen LogP contribution is 2.20. The molecule has 0 saturated heterocycles. The maximum absolute atomic E-state index is 11.3. The van der Waals surface area contributed by atoms with Crippen molar-refractivity contribution in [2.75, 3.05) is 12.4 Å². The van der Waals surface area contributed by atoms with E-state index in [1.165, 1.54) is 13.3 Å². The Bertz CT molecular complexity index is 446. The van der Waals surface area contributed by atoms with Gasteiger partial charge in [0.2, 0.25) is 0 Å². The van der Waals surface area contributed by atoms with Crippen molar-refractivity contribution >= 4 is 29.0 Å². The number of halogens is 1. The molecule has 0 atom stereocenters. The number of ether oxygens (including phenoxy) is 1. The lowest BCUT2D eigenvalue weighted by Gasteiger charge is -2.14. The number of methoxy groups -OCH3 is 1. The molecule has 0 spiro atoms. The molecule has 0 fully saturated rings. The van der Waals surface area contributed by atoms with E-state index >= 15 is 0 Å². The summed E-state index contributed by atoms with van der Waals surface area (Å²) < 4.78 is 4.50. The normalized spacial score (nSPS) is 10.2. The second kappa shape index (κ2) is 5.63. The molecule has 0 aromatic carbocycles. The fraction of sp³-hybridized carbons (Fsp3) is 0.364. The van der Waals surface area contributed by atoms with Crippen LogP contribution in [0.5, 0.6) is 0 Å². The summed E-state index contributed by atoms with van der Waals surface area (Å²) in [5, 5.41) is 11.1. The summed E-state index contributed by atoms with van der Waals surface area (Å²) in [6, 6.07) is 1.73. The Morgan fingerprint density at radius 3 is 2.76 bits per heavy atom. The summed E-state index contributed by atoms with van der Waals surface area (Å²) in [6.07, 6.45) is 1.38. The van der Waals surface area contributed by atoms with Gasteiger partial charge in [-0.2, -0.15) is 0 Å². The van der Waals surface area contributed by atoms with E-state index in [-0.39, 0.29) is 11.8 Å². The van der Waals surface area contributed by atoms with Gasteiger partial charge in [-0.25, -0.2) is 9.78 Å². The number of hydrogen-bond donors (Lipinski definition) is 2. The Morgan fingerprint density at radius 2 is 2.24 bits per heavy atom. The first-order chi connectivity index (χ1) is 7.95. The largest absolute Gasteiger partial charge is 0.464 e. The van der Waals surface area contributed by atoms with Gasteiger partial charge in [-0.15, -0.1) is 0 Å². The van der Waals surface area contributed by atoms with Gasteiger partial charge in [0.25, 0.3) is 0 Å². The highest BCUT2D eigenvalue weighted by molar-refractivity contribution is 6.43. The lowest BCUT2D eigenvalue weighted by molar-refractivity contribution is -0.132. The molecule has 0 aliphatic rings. The van der Waals surface area contributed by atoms with Crippen molar-refractivity contribution in [3.8, 4) is 0 Å². The lowest BCUT2D eigenvalue weighted by Crippen LogP contribution is -2.20. The third-order valence-corrected chi connectivity index (χ3v) is 2.18. The minimum absolute atomic E-state index is 0.151. The number of anilines is 1. The number of nitrogens with zero attached hydrogens (tertiary/aromatic N) is 1. The number of nitrogens with one attached hydrogen (secondary N) is 2. The molecule has 0 radical (unpaired) electrons. The van der Waals surface area contributed by atoms with E-state index in [0.29, 0.717) is 16.4 Å². The van der Waals surface area contributed by atoms with Crippen LogP contribution in [0.15, 0.2) is 12.3 Å². The van der Waals surface area contributed by atoms with Crippen LogP contribution >= 0.6 is 11.6 Å². The van der Waals surface area contributed by atoms with Crippen molar-refractivity contribution in [2.24, 2.45) is 0 Å². The Kier molecular flexibility index (Phi) is 4.45. The van der Waals surface area contributed by atoms with E-state index in [0.717, 1.165) is 0 Å². The first-order valence-electron chi connectivity index (χ1n) is 5.05. The number of rotatable bonds is 4. The van der Waals surface area contributed by atoms with E-state index < -0.39 is 5.97 Å². The number of carbonyl (C=O) groups excluding carboxylic acids is 1. The molecule has 1 heterocycles. The smallest absolute Gasteiger partial charge is 0.356 e. The molecule has 2 N–H and O–H groups in total. The van der Waals surface area contributed by atoms with Crippen LogP contribution in [0, 0.1) is 5.41 Å². The summed E-state index contributed by atoms with van der Waals surface area (Å²) in [6.45, 7) is 3.89. The third kappa shape index (κ3) is 3.42. The van der Waals surface area contributed by atoms with Gasteiger partial charge in [0, 0.05) is 23.5 Å². The van der Waals surface area contributed by atoms with Gasteiger partial charge in [0.1, 0.15) is 5.15 Å². The number of hydrogen-bond acceptors (Lipinski definition) is 5. The molecule has 0 amide bonds. The molecule has 1 rings (SSSR count). The minimum atomic E-state index is -0.707. The van der Waals surface area contributed by atoms with Crippen LogP contribution in [0.3, 0.4) is 0 Å². The number of aromatic nitrogens is 1. The molecule has 92 valence electrons. The zero-order chi connectivity index (χ0) is 13.0. The highest BCUT2D eigenvalue weighted by atomic mass is 35.5. The molecule has 0 bridgehead atoms. The van der Waals surface area contributed by atoms with Crippen molar-refractivity contribution in [1.82, 2.24) is 4.98 Å². The summed E-state index contributed by atoms with van der Waals surface area (Å²) in [4.78, 5) is 15.2. The second-order valence-corrected chi connectivity index (χ2v) is 4.11. The van der Waals surface area contributed by atoms with Crippen LogP contribution < -0.4 is 5.32 Å². The molecule has 17 heavy (non-hydrogen) atoms. The fourth-order valence-electron chi connectivity index (χ4n) is 1.27. The molecular weight excluding hydrogens is 242 g/mol. The summed E-state index contributed by atoms with van der Waals surface area (Å²) >= 11 is 5.78. The SMILES string of the molecule is COC(=O)C(=N)c1cnc(Cl)cc1NC(C)C. The summed E-state index contributed by atoms with van der Waals surface area (Å²) in [5.41, 5.74) is 0.713. The predicted octanol–water partition coefficient (Wildman–Crippen LogP) is 2.10. The Morgan fingerprint density at radius 1 is 1.59 bits per heavy atom. The Labute approximate surface area is 105 Å². The maximum Gasteiger partial charge on any atom is 0.356 e. The van der Waals surface area contributed by atoms with Crippen LogP contribution in [0.2, 0.25) is 5.15 Å². The molecule has 0 aliphatic heterocycles. The van der Waals surface area contributed by atoms with E-state index in [1.807, 2.05) is 13.8 Å². The lowest BCUT2D eigenvalue weighted by atomic mass is 10.1. The molecule has 0 aliphatic carbocycles. The van der Waals surface area contributed by atoms with Gasteiger partial charge in [-0.3, -0.25) is 5.41 Å². The quantitative estimate of drug-likeness (QED) is 0.491. The van der Waals surface area contributed by atoms with Crippen molar-refractivity contribution in [3.05, 3.63) is 23.0 Å². The number of esters is 1. The third-order valence-electron chi connectivity index (χ3n) is 1.97. The molecule has 5 nitrogen and oxygen atoms in total. The predicted molar refractivity (Wildman–Crippen MR) is 66.9 cm³/mol. The van der Waals surface area contributed by atoms with Crippen LogP contribution in [0.4, 0.5) is 5.69 Å². The van der Waals surface area contributed by atoms with Crippen molar-refractivity contribution in [3.63, 3.8) is 0 Å². The second-order valence-electron chi connectivity index (χ2n) is 3.72. The Balaban J connectivity index is 3.14. The molecular formula is C11H14ClN3O2. The van der Waals surface area contributed by atoms with Gasteiger partial charge in [-0.1, -0.05) is 11.6 Å². The molecule has 6 heteroatoms. The topological polar surface area (TPSA) is 75.1 Å². The fourth-order valence-corrected chi connectivity index (χ4v) is 1.43. The number of carbonyl (C=O) groups is 1. The minimum Gasteiger partial charge on any atom is -0.464 e. The van der Waals surface area contributed by atoms with E-state index in [1.54, 1.807) is 6.07 Å². The molecule has 1 aromatic rings. The van der Waals surface area contributed by atoms with Gasteiger partial charge >= 0.3 is 5.97 Å². The van der Waals surface area contributed by atoms with Crippen LogP contribution in [0.25, 0.3) is 0 Å². The first-order valence-corrected chi connectivity index (χ1v) is 5.42. The first kappa shape index (κ1) is 13.4. The van der Waals surface area contributed by atoms with E-state index in [2.05, 4.69) is 15.0 Å². The van der Waals surface area contributed by atoms with E-state index in [9.17, 15) is 4.79 Å². The van der Waals surface area contributed by atoms with Gasteiger partial charge in [0.15, 0.2) is 5.71 Å². The van der Waals surface area contributed by atoms with Crippen molar-refractivity contribution in [2.45, 2.75) is 19.9 Å². The molecule has 0 unspecified atom stereocenters. The van der Waals surface area contributed by atoms with E-state index in [4.69, 9.17) is 17.0 Å². The highest BCUT2D eigenvalue weighted by Gasteiger charge is 2.17. The number of pyridine rings is 1. The van der Waals surface area contributed by atoms with Crippen molar-refractivity contribution in [1.29, 1.82) is 5.41 Å².